The van der Waals surface area contributed by atoms with Crippen LogP contribution in [0.25, 0.3) is 0 Å². The Morgan fingerprint density at radius 2 is 1.93 bits per heavy atom. The molecule has 0 saturated heterocycles. The van der Waals surface area contributed by atoms with Crippen molar-refractivity contribution in [3.63, 3.8) is 0 Å². The molecule has 0 aliphatic carbocycles. The summed E-state index contributed by atoms with van der Waals surface area (Å²) in [5.74, 6) is 0. The number of nitrogens with zero attached hydrogens (tertiary/aromatic N) is 1. The fraction of sp³-hybridized carbons (Fsp3) is 0.333. The van der Waals surface area contributed by atoms with E-state index in [4.69, 9.17) is 5.73 Å². The number of hydrogen-bond acceptors (Lipinski definition) is 2. The van der Waals surface area contributed by atoms with E-state index < -0.39 is 0 Å². The third kappa shape index (κ3) is 2.60. The standard InChI is InChI=1S/C12H18N2/c1-4-5-12(13)10-6-8-11(9-7-10)14(2)3/h4,6-9,12H,1,5,13H2,2-3H3. The van der Waals surface area contributed by atoms with Crippen LogP contribution in [-0.2, 0) is 0 Å². The van der Waals surface area contributed by atoms with E-state index in [9.17, 15) is 0 Å². The van der Waals surface area contributed by atoms with Crippen molar-refractivity contribution in [2.75, 3.05) is 19.0 Å². The van der Waals surface area contributed by atoms with Crippen LogP contribution in [0, 0.1) is 0 Å². The molecule has 0 aromatic heterocycles. The lowest BCUT2D eigenvalue weighted by atomic mass is 10.0. The molecule has 0 saturated carbocycles. The molecule has 2 heteroatoms. The van der Waals surface area contributed by atoms with E-state index in [1.54, 1.807) is 0 Å². The molecule has 0 aliphatic heterocycles. The minimum absolute atomic E-state index is 0.0729. The molecule has 0 fully saturated rings. The molecule has 0 amide bonds. The van der Waals surface area contributed by atoms with Crippen LogP contribution in [0.3, 0.4) is 0 Å². The third-order valence-corrected chi connectivity index (χ3v) is 2.26. The van der Waals surface area contributed by atoms with Gasteiger partial charge < -0.3 is 10.6 Å². The first-order valence-electron chi connectivity index (χ1n) is 4.79. The second kappa shape index (κ2) is 4.82. The zero-order valence-electron chi connectivity index (χ0n) is 8.90. The van der Waals surface area contributed by atoms with Crippen LogP contribution < -0.4 is 10.6 Å². The van der Waals surface area contributed by atoms with Gasteiger partial charge in [-0.2, -0.15) is 0 Å². The van der Waals surface area contributed by atoms with Gasteiger partial charge in [0.1, 0.15) is 0 Å². The lowest BCUT2D eigenvalue weighted by Crippen LogP contribution is -2.11. The van der Waals surface area contributed by atoms with E-state index in [1.165, 1.54) is 5.69 Å². The number of rotatable bonds is 4. The Kier molecular flexibility index (Phi) is 3.72. The summed E-state index contributed by atoms with van der Waals surface area (Å²) >= 11 is 0. The van der Waals surface area contributed by atoms with Crippen LogP contribution in [0.5, 0.6) is 0 Å². The van der Waals surface area contributed by atoms with Gasteiger partial charge >= 0.3 is 0 Å². The maximum atomic E-state index is 5.95. The van der Waals surface area contributed by atoms with Gasteiger partial charge in [-0.25, -0.2) is 0 Å². The van der Waals surface area contributed by atoms with Crippen LogP contribution in [0.15, 0.2) is 36.9 Å². The van der Waals surface area contributed by atoms with Crippen molar-refractivity contribution in [1.82, 2.24) is 0 Å². The van der Waals surface area contributed by atoms with Crippen molar-refractivity contribution in [2.24, 2.45) is 5.73 Å². The summed E-state index contributed by atoms with van der Waals surface area (Å²) in [6, 6.07) is 8.38. The van der Waals surface area contributed by atoms with Gasteiger partial charge in [-0.3, -0.25) is 0 Å². The average Bonchev–Trinajstić information content (AvgIpc) is 2.18. The predicted molar refractivity (Wildman–Crippen MR) is 62.5 cm³/mol. The van der Waals surface area contributed by atoms with Gasteiger partial charge in [-0.1, -0.05) is 18.2 Å². The number of benzene rings is 1. The molecule has 14 heavy (non-hydrogen) atoms. The quantitative estimate of drug-likeness (QED) is 0.738. The Bertz CT molecular complexity index is 288. The zero-order valence-corrected chi connectivity index (χ0v) is 8.90. The summed E-state index contributed by atoms with van der Waals surface area (Å²) in [7, 11) is 4.05. The monoisotopic (exact) mass is 190 g/mol. The zero-order chi connectivity index (χ0) is 10.6. The molecule has 1 aromatic carbocycles. The fourth-order valence-electron chi connectivity index (χ4n) is 1.34. The van der Waals surface area contributed by atoms with Crippen LogP contribution in [0.1, 0.15) is 18.0 Å². The van der Waals surface area contributed by atoms with Gasteiger partial charge in [0.2, 0.25) is 0 Å². The SMILES string of the molecule is C=CCC(N)c1ccc(N(C)C)cc1. The van der Waals surface area contributed by atoms with Crippen LogP contribution >= 0.6 is 0 Å². The minimum Gasteiger partial charge on any atom is -0.378 e. The molecular weight excluding hydrogens is 172 g/mol. The fourth-order valence-corrected chi connectivity index (χ4v) is 1.34. The summed E-state index contributed by atoms with van der Waals surface area (Å²) in [5, 5.41) is 0. The minimum atomic E-state index is 0.0729. The molecule has 2 nitrogen and oxygen atoms in total. The first kappa shape index (κ1) is 10.8. The number of anilines is 1. The number of nitrogens with two attached hydrogens (primary N) is 1. The second-order valence-electron chi connectivity index (χ2n) is 3.62. The first-order chi connectivity index (χ1) is 6.65. The molecule has 0 spiro atoms. The molecule has 1 atom stereocenters. The Labute approximate surface area is 86.0 Å². The maximum absolute atomic E-state index is 5.95. The van der Waals surface area contributed by atoms with Crippen LogP contribution in [-0.4, -0.2) is 14.1 Å². The molecule has 2 N–H and O–H groups in total. The van der Waals surface area contributed by atoms with Crippen LogP contribution in [0.2, 0.25) is 0 Å². The van der Waals surface area contributed by atoms with Crippen molar-refractivity contribution in [1.29, 1.82) is 0 Å². The second-order valence-corrected chi connectivity index (χ2v) is 3.62. The van der Waals surface area contributed by atoms with Crippen molar-refractivity contribution in [2.45, 2.75) is 12.5 Å². The highest BCUT2D eigenvalue weighted by atomic mass is 15.1. The van der Waals surface area contributed by atoms with Crippen molar-refractivity contribution < 1.29 is 0 Å². The van der Waals surface area contributed by atoms with Gasteiger partial charge in [-0.05, 0) is 24.1 Å². The van der Waals surface area contributed by atoms with Gasteiger partial charge in [0.05, 0.1) is 0 Å². The summed E-state index contributed by atoms with van der Waals surface area (Å²) < 4.78 is 0. The Hall–Kier alpha value is -1.28. The Morgan fingerprint density at radius 1 is 1.36 bits per heavy atom. The molecular formula is C12H18N2. The lowest BCUT2D eigenvalue weighted by Gasteiger charge is -2.14. The van der Waals surface area contributed by atoms with E-state index in [2.05, 4.69) is 35.7 Å². The maximum Gasteiger partial charge on any atom is 0.0361 e. The predicted octanol–water partition coefficient (Wildman–Crippen LogP) is 2.33. The average molecular weight is 190 g/mol. The summed E-state index contributed by atoms with van der Waals surface area (Å²) in [5.41, 5.74) is 8.30. The smallest absolute Gasteiger partial charge is 0.0361 e. The van der Waals surface area contributed by atoms with Gasteiger partial charge in [-0.15, -0.1) is 6.58 Å². The highest BCUT2D eigenvalue weighted by Gasteiger charge is 2.03. The van der Waals surface area contributed by atoms with Crippen molar-refractivity contribution in [3.05, 3.63) is 42.5 Å². The Morgan fingerprint density at radius 3 is 2.36 bits per heavy atom. The van der Waals surface area contributed by atoms with Crippen LogP contribution in [0.4, 0.5) is 5.69 Å². The van der Waals surface area contributed by atoms with Gasteiger partial charge in [0, 0.05) is 25.8 Å². The third-order valence-electron chi connectivity index (χ3n) is 2.26. The molecule has 0 radical (unpaired) electrons. The molecule has 0 bridgehead atoms. The van der Waals surface area contributed by atoms with Gasteiger partial charge in [0.25, 0.3) is 0 Å². The number of hydrogen-bond donors (Lipinski definition) is 1. The highest BCUT2D eigenvalue weighted by molar-refractivity contribution is 5.46. The topological polar surface area (TPSA) is 29.3 Å². The van der Waals surface area contributed by atoms with E-state index in [1.807, 2.05) is 20.2 Å². The molecule has 0 heterocycles. The van der Waals surface area contributed by atoms with Gasteiger partial charge in [0.15, 0.2) is 0 Å². The molecule has 76 valence electrons. The molecule has 1 unspecified atom stereocenters. The molecule has 1 aromatic rings. The first-order valence-corrected chi connectivity index (χ1v) is 4.79. The molecule has 1 rings (SSSR count). The lowest BCUT2D eigenvalue weighted by molar-refractivity contribution is 0.742. The highest BCUT2D eigenvalue weighted by Crippen LogP contribution is 2.18. The van der Waals surface area contributed by atoms with Crippen molar-refractivity contribution in [3.8, 4) is 0 Å². The normalized spacial score (nSPS) is 12.2. The van der Waals surface area contributed by atoms with E-state index in [-0.39, 0.29) is 6.04 Å². The molecule has 0 aliphatic rings. The summed E-state index contributed by atoms with van der Waals surface area (Å²) in [4.78, 5) is 2.07. The summed E-state index contributed by atoms with van der Waals surface area (Å²) in [6.45, 7) is 3.68. The summed E-state index contributed by atoms with van der Waals surface area (Å²) in [6.07, 6.45) is 2.67. The van der Waals surface area contributed by atoms with E-state index >= 15 is 0 Å². The largest absolute Gasteiger partial charge is 0.378 e. The van der Waals surface area contributed by atoms with Crippen molar-refractivity contribution >= 4 is 5.69 Å². The Balaban J connectivity index is 2.77. The van der Waals surface area contributed by atoms with E-state index in [0.717, 1.165) is 12.0 Å². The van der Waals surface area contributed by atoms with E-state index in [0.29, 0.717) is 0 Å².